The van der Waals surface area contributed by atoms with Crippen LogP contribution in [0, 0.1) is 0 Å². The van der Waals surface area contributed by atoms with Crippen molar-refractivity contribution in [3.05, 3.63) is 63.3 Å². The van der Waals surface area contributed by atoms with Crippen LogP contribution in [0.3, 0.4) is 0 Å². The minimum absolute atomic E-state index is 0.0373. The number of amides is 1. The SMILES string of the molecule is CC(C)c1ccc(-c2nc(C(=O)N(C)Cc3cccs3)cs2)cc1. The second-order valence-electron chi connectivity index (χ2n) is 6.06. The largest absolute Gasteiger partial charge is 0.335 e. The number of thiophene rings is 1. The Balaban J connectivity index is 1.73. The molecule has 0 atom stereocenters. The first-order valence-electron chi connectivity index (χ1n) is 7.88. The van der Waals surface area contributed by atoms with Gasteiger partial charge in [-0.25, -0.2) is 4.98 Å². The predicted octanol–water partition coefficient (Wildman–Crippen LogP) is 5.27. The van der Waals surface area contributed by atoms with Crippen molar-refractivity contribution in [1.82, 2.24) is 9.88 Å². The van der Waals surface area contributed by atoms with Gasteiger partial charge in [0.2, 0.25) is 0 Å². The summed E-state index contributed by atoms with van der Waals surface area (Å²) in [4.78, 5) is 20.0. The Bertz CT molecular complexity index is 804. The molecule has 0 aliphatic carbocycles. The normalized spacial score (nSPS) is 11.0. The number of thiazole rings is 1. The maximum atomic E-state index is 12.5. The van der Waals surface area contributed by atoms with Gasteiger partial charge in [0.25, 0.3) is 5.91 Å². The fourth-order valence-corrected chi connectivity index (χ4v) is 3.98. The van der Waals surface area contributed by atoms with Crippen LogP contribution >= 0.6 is 22.7 Å². The maximum Gasteiger partial charge on any atom is 0.273 e. The van der Waals surface area contributed by atoms with Crippen LogP contribution in [0.2, 0.25) is 0 Å². The van der Waals surface area contributed by atoms with Gasteiger partial charge in [-0.3, -0.25) is 4.79 Å². The molecule has 0 N–H and O–H groups in total. The second kappa shape index (κ2) is 7.28. The van der Waals surface area contributed by atoms with E-state index in [0.29, 0.717) is 18.2 Å². The smallest absolute Gasteiger partial charge is 0.273 e. The van der Waals surface area contributed by atoms with Crippen molar-refractivity contribution >= 4 is 28.6 Å². The van der Waals surface area contributed by atoms with Gasteiger partial charge >= 0.3 is 0 Å². The molecule has 0 radical (unpaired) electrons. The van der Waals surface area contributed by atoms with Crippen molar-refractivity contribution in [1.29, 1.82) is 0 Å². The summed E-state index contributed by atoms with van der Waals surface area (Å²) in [5.41, 5.74) is 2.88. The first-order chi connectivity index (χ1) is 11.5. The number of rotatable bonds is 5. The summed E-state index contributed by atoms with van der Waals surface area (Å²) in [6.07, 6.45) is 0. The van der Waals surface area contributed by atoms with E-state index >= 15 is 0 Å². The molecule has 124 valence electrons. The molecule has 0 aliphatic rings. The van der Waals surface area contributed by atoms with Crippen LogP contribution in [-0.2, 0) is 6.54 Å². The van der Waals surface area contributed by atoms with Crippen LogP contribution in [0.5, 0.6) is 0 Å². The molecule has 1 aromatic carbocycles. The molecule has 0 saturated carbocycles. The van der Waals surface area contributed by atoms with Crippen LogP contribution in [0.25, 0.3) is 10.6 Å². The third-order valence-electron chi connectivity index (χ3n) is 3.87. The molecule has 0 aliphatic heterocycles. The zero-order chi connectivity index (χ0) is 17.1. The first-order valence-corrected chi connectivity index (χ1v) is 9.64. The van der Waals surface area contributed by atoms with Gasteiger partial charge in [-0.05, 0) is 22.9 Å². The van der Waals surface area contributed by atoms with Crippen molar-refractivity contribution in [3.8, 4) is 10.6 Å². The summed E-state index contributed by atoms with van der Waals surface area (Å²) >= 11 is 3.17. The Morgan fingerprint density at radius 2 is 1.92 bits per heavy atom. The van der Waals surface area contributed by atoms with Gasteiger partial charge in [0.05, 0.1) is 6.54 Å². The van der Waals surface area contributed by atoms with E-state index in [-0.39, 0.29) is 5.91 Å². The van der Waals surface area contributed by atoms with Gasteiger partial charge in [-0.2, -0.15) is 0 Å². The third-order valence-corrected chi connectivity index (χ3v) is 5.62. The second-order valence-corrected chi connectivity index (χ2v) is 7.95. The summed E-state index contributed by atoms with van der Waals surface area (Å²) in [5, 5.41) is 4.76. The summed E-state index contributed by atoms with van der Waals surface area (Å²) in [5.74, 6) is 0.475. The predicted molar refractivity (Wildman–Crippen MR) is 102 cm³/mol. The lowest BCUT2D eigenvalue weighted by Gasteiger charge is -2.14. The summed E-state index contributed by atoms with van der Waals surface area (Å²) in [6.45, 7) is 4.98. The van der Waals surface area contributed by atoms with Gasteiger partial charge in [-0.1, -0.05) is 44.2 Å². The number of aromatic nitrogens is 1. The zero-order valence-corrected chi connectivity index (χ0v) is 15.7. The molecule has 2 heterocycles. The lowest BCUT2D eigenvalue weighted by atomic mass is 10.0. The molecule has 0 bridgehead atoms. The topological polar surface area (TPSA) is 33.2 Å². The van der Waals surface area contributed by atoms with Crippen LogP contribution in [0.1, 0.15) is 40.7 Å². The minimum Gasteiger partial charge on any atom is -0.335 e. The first kappa shape index (κ1) is 16.9. The highest BCUT2D eigenvalue weighted by Crippen LogP contribution is 2.26. The molecule has 24 heavy (non-hydrogen) atoms. The maximum absolute atomic E-state index is 12.5. The van der Waals surface area contributed by atoms with Crippen molar-refractivity contribution in [2.45, 2.75) is 26.3 Å². The quantitative estimate of drug-likeness (QED) is 0.624. The fraction of sp³-hybridized carbons (Fsp3) is 0.263. The Labute approximate surface area is 150 Å². The molecule has 3 rings (SSSR count). The lowest BCUT2D eigenvalue weighted by Crippen LogP contribution is -2.26. The average Bonchev–Trinajstić information content (AvgIpc) is 3.26. The van der Waals surface area contributed by atoms with Gasteiger partial charge in [0.15, 0.2) is 0 Å². The molecular formula is C19H20N2OS2. The molecule has 5 heteroatoms. The number of carbonyl (C=O) groups excluding carboxylic acids is 1. The summed E-state index contributed by atoms with van der Waals surface area (Å²) < 4.78 is 0. The van der Waals surface area contributed by atoms with Gasteiger partial charge in [0.1, 0.15) is 10.7 Å². The summed E-state index contributed by atoms with van der Waals surface area (Å²) in [7, 11) is 1.82. The Morgan fingerprint density at radius 1 is 1.17 bits per heavy atom. The van der Waals surface area contributed by atoms with E-state index in [1.54, 1.807) is 16.2 Å². The highest BCUT2D eigenvalue weighted by atomic mass is 32.1. The van der Waals surface area contributed by atoms with E-state index in [9.17, 15) is 4.79 Å². The van der Waals surface area contributed by atoms with Crippen molar-refractivity contribution < 1.29 is 4.79 Å². The molecule has 0 fully saturated rings. The van der Waals surface area contributed by atoms with E-state index in [2.05, 4.69) is 43.1 Å². The molecule has 0 unspecified atom stereocenters. The van der Waals surface area contributed by atoms with E-state index < -0.39 is 0 Å². The third kappa shape index (κ3) is 3.74. The van der Waals surface area contributed by atoms with E-state index in [4.69, 9.17) is 0 Å². The summed E-state index contributed by atoms with van der Waals surface area (Å²) in [6, 6.07) is 12.5. The van der Waals surface area contributed by atoms with Crippen molar-refractivity contribution in [3.63, 3.8) is 0 Å². The highest BCUT2D eigenvalue weighted by molar-refractivity contribution is 7.13. The number of carbonyl (C=O) groups is 1. The number of hydrogen-bond donors (Lipinski definition) is 0. The Morgan fingerprint density at radius 3 is 2.54 bits per heavy atom. The molecule has 0 saturated heterocycles. The molecular weight excluding hydrogens is 336 g/mol. The molecule has 3 nitrogen and oxygen atoms in total. The van der Waals surface area contributed by atoms with Crippen LogP contribution in [0.15, 0.2) is 47.2 Å². The van der Waals surface area contributed by atoms with Gasteiger partial charge in [-0.15, -0.1) is 22.7 Å². The number of nitrogens with zero attached hydrogens (tertiary/aromatic N) is 2. The highest BCUT2D eigenvalue weighted by Gasteiger charge is 2.16. The number of hydrogen-bond acceptors (Lipinski definition) is 4. The monoisotopic (exact) mass is 356 g/mol. The molecule has 2 aromatic heterocycles. The van der Waals surface area contributed by atoms with Crippen LogP contribution in [0.4, 0.5) is 0 Å². The standard InChI is InChI=1S/C19H20N2OS2/c1-13(2)14-6-8-15(9-7-14)18-20-17(12-24-18)19(22)21(3)11-16-5-4-10-23-16/h4-10,12-13H,11H2,1-3H3. The van der Waals surface area contributed by atoms with Gasteiger partial charge in [0, 0.05) is 22.9 Å². The number of benzene rings is 1. The molecule has 1 amide bonds. The fourth-order valence-electron chi connectivity index (χ4n) is 2.42. The van der Waals surface area contributed by atoms with Crippen LogP contribution in [-0.4, -0.2) is 22.8 Å². The molecule has 0 spiro atoms. The van der Waals surface area contributed by atoms with E-state index in [0.717, 1.165) is 10.6 Å². The minimum atomic E-state index is -0.0373. The Hall–Kier alpha value is -1.98. The van der Waals surface area contributed by atoms with Crippen molar-refractivity contribution in [2.75, 3.05) is 7.05 Å². The average molecular weight is 357 g/mol. The van der Waals surface area contributed by atoms with E-state index in [1.165, 1.54) is 21.8 Å². The van der Waals surface area contributed by atoms with Crippen LogP contribution < -0.4 is 0 Å². The van der Waals surface area contributed by atoms with Crippen molar-refractivity contribution in [2.24, 2.45) is 0 Å². The molecule has 3 aromatic rings. The van der Waals surface area contributed by atoms with E-state index in [1.807, 2.05) is 29.9 Å². The Kier molecular flexibility index (Phi) is 5.11. The lowest BCUT2D eigenvalue weighted by molar-refractivity contribution is 0.0781. The zero-order valence-electron chi connectivity index (χ0n) is 14.0. The van der Waals surface area contributed by atoms with Gasteiger partial charge < -0.3 is 4.90 Å².